The van der Waals surface area contributed by atoms with E-state index in [4.69, 9.17) is 0 Å². The Morgan fingerprint density at radius 3 is 2.10 bits per heavy atom. The van der Waals surface area contributed by atoms with Crippen LogP contribution in [0.2, 0.25) is 0 Å². The van der Waals surface area contributed by atoms with E-state index < -0.39 is 5.91 Å². The molecule has 0 atom stereocenters. The molecule has 0 bridgehead atoms. The van der Waals surface area contributed by atoms with Crippen LogP contribution in [0.5, 0.6) is 5.75 Å². The summed E-state index contributed by atoms with van der Waals surface area (Å²) in [6, 6.07) is 18.7. The molecule has 6 nitrogen and oxygen atoms in total. The van der Waals surface area contributed by atoms with Gasteiger partial charge in [0.05, 0.1) is 5.56 Å². The third-order valence-electron chi connectivity index (χ3n) is 4.83. The Bertz CT molecular complexity index is 1140. The van der Waals surface area contributed by atoms with E-state index in [0.717, 1.165) is 11.1 Å². The van der Waals surface area contributed by atoms with Crippen LogP contribution in [-0.4, -0.2) is 35.8 Å². The van der Waals surface area contributed by atoms with E-state index in [-0.39, 0.29) is 36.1 Å². The number of phenolic OH excluding ortho intramolecular Hbond substituents is 1. The number of amides is 2. The maximum Gasteiger partial charge on any atom is 0.255 e. The third kappa shape index (κ3) is 3.48. The SMILES string of the molecule is O=C(NCCNC(=O)c1ccccc1O)c1ccc2c(c1)C(=O)c1ccccc1-2. The molecular weight excluding hydrogens is 368 g/mol. The van der Waals surface area contributed by atoms with E-state index in [1.165, 1.54) is 12.1 Å². The van der Waals surface area contributed by atoms with Gasteiger partial charge >= 0.3 is 0 Å². The van der Waals surface area contributed by atoms with Gasteiger partial charge in [-0.05, 0) is 35.4 Å². The molecule has 0 unspecified atom stereocenters. The van der Waals surface area contributed by atoms with Gasteiger partial charge in [-0.1, -0.05) is 42.5 Å². The summed E-state index contributed by atoms with van der Waals surface area (Å²) in [7, 11) is 0. The topological polar surface area (TPSA) is 95.5 Å². The average Bonchev–Trinajstić information content (AvgIpc) is 3.03. The van der Waals surface area contributed by atoms with Crippen LogP contribution in [0, 0.1) is 0 Å². The van der Waals surface area contributed by atoms with Gasteiger partial charge in [-0.25, -0.2) is 0 Å². The van der Waals surface area contributed by atoms with Crippen molar-refractivity contribution in [2.75, 3.05) is 13.1 Å². The lowest BCUT2D eigenvalue weighted by molar-refractivity contribution is 0.0926. The minimum atomic E-state index is -0.418. The Kier molecular flexibility index (Phi) is 4.83. The first kappa shape index (κ1) is 18.4. The van der Waals surface area contributed by atoms with Gasteiger partial charge in [0.25, 0.3) is 11.8 Å². The van der Waals surface area contributed by atoms with Crippen LogP contribution in [-0.2, 0) is 0 Å². The molecule has 1 aliphatic carbocycles. The van der Waals surface area contributed by atoms with Crippen molar-refractivity contribution in [3.63, 3.8) is 0 Å². The summed E-state index contributed by atoms with van der Waals surface area (Å²) in [5, 5.41) is 15.0. The van der Waals surface area contributed by atoms with Crippen molar-refractivity contribution in [1.82, 2.24) is 10.6 Å². The number of rotatable bonds is 5. The number of aromatic hydroxyl groups is 1. The number of nitrogens with one attached hydrogen (secondary N) is 2. The first-order valence-corrected chi connectivity index (χ1v) is 9.19. The quantitative estimate of drug-likeness (QED) is 0.460. The van der Waals surface area contributed by atoms with Gasteiger partial charge < -0.3 is 15.7 Å². The molecule has 0 spiro atoms. The Hall–Kier alpha value is -3.93. The predicted octanol–water partition coefficient (Wildman–Crippen LogP) is 2.76. The monoisotopic (exact) mass is 386 g/mol. The fraction of sp³-hybridized carbons (Fsp3) is 0.0870. The van der Waals surface area contributed by atoms with Gasteiger partial charge in [0, 0.05) is 29.8 Å². The number of hydrogen-bond acceptors (Lipinski definition) is 4. The van der Waals surface area contributed by atoms with E-state index in [9.17, 15) is 19.5 Å². The summed E-state index contributed by atoms with van der Waals surface area (Å²) in [6.07, 6.45) is 0. The first-order valence-electron chi connectivity index (χ1n) is 9.19. The Morgan fingerprint density at radius 1 is 0.724 bits per heavy atom. The lowest BCUT2D eigenvalue weighted by atomic mass is 10.0. The molecule has 0 saturated heterocycles. The van der Waals surface area contributed by atoms with Gasteiger partial charge in [-0.15, -0.1) is 0 Å². The molecule has 0 radical (unpaired) electrons. The summed E-state index contributed by atoms with van der Waals surface area (Å²) in [5.74, 6) is -0.926. The second kappa shape index (κ2) is 7.59. The molecular formula is C23H18N2O4. The van der Waals surface area contributed by atoms with Crippen molar-refractivity contribution in [3.05, 3.63) is 89.0 Å². The second-order valence-electron chi connectivity index (χ2n) is 6.66. The zero-order valence-corrected chi connectivity index (χ0v) is 15.4. The van der Waals surface area contributed by atoms with Gasteiger partial charge in [0.15, 0.2) is 5.78 Å². The van der Waals surface area contributed by atoms with Crippen LogP contribution in [0.15, 0.2) is 66.7 Å². The lowest BCUT2D eigenvalue weighted by Gasteiger charge is -2.09. The van der Waals surface area contributed by atoms with Gasteiger partial charge in [0.1, 0.15) is 5.75 Å². The fourth-order valence-electron chi connectivity index (χ4n) is 3.38. The number of hydrogen-bond donors (Lipinski definition) is 3. The van der Waals surface area contributed by atoms with E-state index in [1.807, 2.05) is 18.2 Å². The second-order valence-corrected chi connectivity index (χ2v) is 6.66. The average molecular weight is 386 g/mol. The molecule has 4 rings (SSSR count). The zero-order valence-electron chi connectivity index (χ0n) is 15.4. The number of para-hydroxylation sites is 1. The zero-order chi connectivity index (χ0) is 20.4. The molecule has 0 saturated carbocycles. The molecule has 2 amide bonds. The predicted molar refractivity (Wildman–Crippen MR) is 108 cm³/mol. The molecule has 29 heavy (non-hydrogen) atoms. The van der Waals surface area contributed by atoms with E-state index in [1.54, 1.807) is 36.4 Å². The minimum Gasteiger partial charge on any atom is -0.507 e. The van der Waals surface area contributed by atoms with Crippen molar-refractivity contribution in [2.24, 2.45) is 0 Å². The van der Waals surface area contributed by atoms with Crippen LogP contribution in [0.1, 0.15) is 36.6 Å². The molecule has 0 aromatic heterocycles. The Labute approximate surface area is 167 Å². The van der Waals surface area contributed by atoms with Gasteiger partial charge in [-0.3, -0.25) is 14.4 Å². The molecule has 0 aliphatic heterocycles. The number of carbonyl (C=O) groups excluding carboxylic acids is 3. The first-order chi connectivity index (χ1) is 14.1. The molecule has 0 fully saturated rings. The minimum absolute atomic E-state index is 0.0832. The summed E-state index contributed by atoms with van der Waals surface area (Å²) in [5.41, 5.74) is 3.44. The van der Waals surface area contributed by atoms with Crippen molar-refractivity contribution < 1.29 is 19.5 Å². The number of carbonyl (C=O) groups is 3. The van der Waals surface area contributed by atoms with Crippen molar-refractivity contribution in [1.29, 1.82) is 0 Å². The largest absolute Gasteiger partial charge is 0.507 e. The van der Waals surface area contributed by atoms with Crippen molar-refractivity contribution in [3.8, 4) is 16.9 Å². The standard InChI is InChI=1S/C23H18N2O4/c26-20-8-4-3-7-18(20)23(29)25-12-11-24-22(28)14-9-10-16-15-5-1-2-6-17(15)21(27)19(16)13-14/h1-10,13,26H,11-12H2,(H,24,28)(H,25,29). The van der Waals surface area contributed by atoms with Gasteiger partial charge in [-0.2, -0.15) is 0 Å². The Balaban J connectivity index is 1.36. The highest BCUT2D eigenvalue weighted by atomic mass is 16.3. The lowest BCUT2D eigenvalue weighted by Crippen LogP contribution is -2.34. The molecule has 3 aromatic rings. The smallest absolute Gasteiger partial charge is 0.255 e. The van der Waals surface area contributed by atoms with Gasteiger partial charge in [0.2, 0.25) is 0 Å². The van der Waals surface area contributed by atoms with E-state index in [0.29, 0.717) is 16.7 Å². The number of ketones is 1. The normalized spacial score (nSPS) is 11.5. The number of benzene rings is 3. The molecule has 0 heterocycles. The molecule has 1 aliphatic rings. The Morgan fingerprint density at radius 2 is 1.34 bits per heavy atom. The highest BCUT2D eigenvalue weighted by Crippen LogP contribution is 2.36. The highest BCUT2D eigenvalue weighted by Gasteiger charge is 2.26. The van der Waals surface area contributed by atoms with Crippen LogP contribution in [0.25, 0.3) is 11.1 Å². The molecule has 3 aromatic carbocycles. The summed E-state index contributed by atoms with van der Waals surface area (Å²) in [4.78, 5) is 37.0. The number of phenols is 1. The molecule has 144 valence electrons. The van der Waals surface area contributed by atoms with Crippen LogP contribution >= 0.6 is 0 Å². The number of fused-ring (bicyclic) bond motifs is 3. The third-order valence-corrected chi connectivity index (χ3v) is 4.83. The molecule has 6 heteroatoms. The van der Waals surface area contributed by atoms with Crippen molar-refractivity contribution >= 4 is 17.6 Å². The summed E-state index contributed by atoms with van der Waals surface area (Å²) < 4.78 is 0. The van der Waals surface area contributed by atoms with Crippen LogP contribution in [0.3, 0.4) is 0 Å². The maximum atomic E-state index is 12.6. The summed E-state index contributed by atoms with van der Waals surface area (Å²) >= 11 is 0. The van der Waals surface area contributed by atoms with Crippen LogP contribution in [0.4, 0.5) is 0 Å². The maximum absolute atomic E-state index is 12.6. The van der Waals surface area contributed by atoms with E-state index in [2.05, 4.69) is 10.6 Å². The highest BCUT2D eigenvalue weighted by molar-refractivity contribution is 6.22. The fourth-order valence-corrected chi connectivity index (χ4v) is 3.38. The van der Waals surface area contributed by atoms with Crippen molar-refractivity contribution in [2.45, 2.75) is 0 Å². The van der Waals surface area contributed by atoms with Crippen LogP contribution < -0.4 is 10.6 Å². The molecule has 3 N–H and O–H groups in total. The van der Waals surface area contributed by atoms with E-state index >= 15 is 0 Å². The summed E-state index contributed by atoms with van der Waals surface area (Å²) in [6.45, 7) is 0.414.